The van der Waals surface area contributed by atoms with E-state index in [0.717, 1.165) is 17.2 Å². The van der Waals surface area contributed by atoms with Crippen molar-refractivity contribution in [3.05, 3.63) is 83.0 Å². The predicted octanol–water partition coefficient (Wildman–Crippen LogP) is 5.67. The van der Waals surface area contributed by atoms with Crippen LogP contribution in [0.1, 0.15) is 15.9 Å². The van der Waals surface area contributed by atoms with Crippen LogP contribution in [-0.2, 0) is 6.18 Å². The third-order valence-electron chi connectivity index (χ3n) is 3.65. The van der Waals surface area contributed by atoms with Crippen LogP contribution in [0.15, 0.2) is 66.9 Å². The van der Waals surface area contributed by atoms with Crippen molar-refractivity contribution in [1.29, 1.82) is 0 Å². The number of hydrogen-bond acceptors (Lipinski definition) is 2. The molecule has 3 rings (SSSR count). The number of carbonyl (C=O) groups excluding carboxylic acids is 1. The molecule has 1 N–H and O–H groups in total. The standard InChI is InChI=1S/C19H12ClF3N2O/c20-16-10-15(19(21,22)23)11-24-17(16)25-18(26)14-8-6-13(7-9-14)12-4-2-1-3-5-12/h1-11H,(H,24,25,26). The van der Waals surface area contributed by atoms with Crippen LogP contribution in [0, 0.1) is 0 Å². The monoisotopic (exact) mass is 376 g/mol. The highest BCUT2D eigenvalue weighted by atomic mass is 35.5. The molecule has 0 aliphatic heterocycles. The summed E-state index contributed by atoms with van der Waals surface area (Å²) in [6, 6.07) is 17.2. The van der Waals surface area contributed by atoms with Gasteiger partial charge in [0.25, 0.3) is 5.91 Å². The molecule has 0 unspecified atom stereocenters. The van der Waals surface area contributed by atoms with Crippen LogP contribution < -0.4 is 5.32 Å². The molecular weight excluding hydrogens is 365 g/mol. The van der Waals surface area contributed by atoms with E-state index in [0.29, 0.717) is 11.8 Å². The van der Waals surface area contributed by atoms with Gasteiger partial charge in [0.05, 0.1) is 10.6 Å². The lowest BCUT2D eigenvalue weighted by molar-refractivity contribution is -0.137. The lowest BCUT2D eigenvalue weighted by Crippen LogP contribution is -2.14. The Bertz CT molecular complexity index is 926. The van der Waals surface area contributed by atoms with Gasteiger partial charge in [-0.1, -0.05) is 54.1 Å². The SMILES string of the molecule is O=C(Nc1ncc(C(F)(F)F)cc1Cl)c1ccc(-c2ccccc2)cc1. The zero-order chi connectivity index (χ0) is 18.7. The number of alkyl halides is 3. The van der Waals surface area contributed by atoms with Gasteiger partial charge in [0.15, 0.2) is 5.82 Å². The first-order valence-electron chi connectivity index (χ1n) is 7.54. The number of nitrogens with one attached hydrogen (secondary N) is 1. The first-order valence-corrected chi connectivity index (χ1v) is 7.92. The first kappa shape index (κ1) is 17.9. The number of halogens is 4. The molecule has 0 radical (unpaired) electrons. The first-order chi connectivity index (χ1) is 12.3. The van der Waals surface area contributed by atoms with Crippen LogP contribution >= 0.6 is 11.6 Å². The Labute approximate surface area is 152 Å². The van der Waals surface area contributed by atoms with Gasteiger partial charge >= 0.3 is 6.18 Å². The molecule has 0 atom stereocenters. The summed E-state index contributed by atoms with van der Waals surface area (Å²) in [5.41, 5.74) is 1.30. The average Bonchev–Trinajstić information content (AvgIpc) is 2.63. The van der Waals surface area contributed by atoms with E-state index in [-0.39, 0.29) is 10.8 Å². The molecule has 3 nitrogen and oxygen atoms in total. The van der Waals surface area contributed by atoms with Gasteiger partial charge in [-0.25, -0.2) is 4.98 Å². The highest BCUT2D eigenvalue weighted by Crippen LogP contribution is 2.32. The van der Waals surface area contributed by atoms with Crippen LogP contribution in [0.25, 0.3) is 11.1 Å². The zero-order valence-corrected chi connectivity index (χ0v) is 14.0. The maximum Gasteiger partial charge on any atom is 0.417 e. The minimum atomic E-state index is -4.55. The molecule has 0 saturated heterocycles. The molecule has 3 aromatic rings. The van der Waals surface area contributed by atoms with E-state index in [9.17, 15) is 18.0 Å². The third-order valence-corrected chi connectivity index (χ3v) is 3.94. The average molecular weight is 377 g/mol. The van der Waals surface area contributed by atoms with E-state index < -0.39 is 17.6 Å². The second-order valence-corrected chi connectivity index (χ2v) is 5.86. The summed E-state index contributed by atoms with van der Waals surface area (Å²) in [5, 5.41) is 2.13. The van der Waals surface area contributed by atoms with E-state index in [4.69, 9.17) is 11.6 Å². The van der Waals surface area contributed by atoms with E-state index in [1.54, 1.807) is 24.3 Å². The number of hydrogen-bond donors (Lipinski definition) is 1. The Kier molecular flexibility index (Phi) is 4.95. The molecule has 0 spiro atoms. The topological polar surface area (TPSA) is 42.0 Å². The van der Waals surface area contributed by atoms with Crippen molar-refractivity contribution < 1.29 is 18.0 Å². The van der Waals surface area contributed by atoms with Crippen molar-refractivity contribution in [2.45, 2.75) is 6.18 Å². The van der Waals surface area contributed by atoms with Crippen molar-refractivity contribution in [1.82, 2.24) is 4.98 Å². The van der Waals surface area contributed by atoms with Gasteiger partial charge in [-0.05, 0) is 29.3 Å². The Morgan fingerprint density at radius 2 is 1.58 bits per heavy atom. The lowest BCUT2D eigenvalue weighted by Gasteiger charge is -2.10. The van der Waals surface area contributed by atoms with Crippen molar-refractivity contribution in [3.8, 4) is 11.1 Å². The smallest absolute Gasteiger partial charge is 0.305 e. The zero-order valence-electron chi connectivity index (χ0n) is 13.2. The van der Waals surface area contributed by atoms with E-state index in [1.807, 2.05) is 30.3 Å². The summed E-state index contributed by atoms with van der Waals surface area (Å²) in [7, 11) is 0. The molecule has 0 aliphatic carbocycles. The normalized spacial score (nSPS) is 11.2. The van der Waals surface area contributed by atoms with Gasteiger partial charge in [-0.15, -0.1) is 0 Å². The maximum absolute atomic E-state index is 12.6. The summed E-state index contributed by atoms with van der Waals surface area (Å²) in [4.78, 5) is 15.9. The van der Waals surface area contributed by atoms with Crippen LogP contribution in [0.5, 0.6) is 0 Å². The number of pyridine rings is 1. The number of anilines is 1. The Morgan fingerprint density at radius 3 is 2.15 bits per heavy atom. The molecule has 26 heavy (non-hydrogen) atoms. The summed E-state index contributed by atoms with van der Waals surface area (Å²) >= 11 is 5.80. The van der Waals surface area contributed by atoms with Gasteiger partial charge in [0.1, 0.15) is 0 Å². The van der Waals surface area contributed by atoms with Gasteiger partial charge in [-0.2, -0.15) is 13.2 Å². The van der Waals surface area contributed by atoms with E-state index >= 15 is 0 Å². The molecule has 1 aromatic heterocycles. The molecule has 0 fully saturated rings. The lowest BCUT2D eigenvalue weighted by atomic mass is 10.0. The Hall–Kier alpha value is -2.86. The highest BCUT2D eigenvalue weighted by Gasteiger charge is 2.31. The van der Waals surface area contributed by atoms with Crippen LogP contribution in [0.3, 0.4) is 0 Å². The fourth-order valence-electron chi connectivity index (χ4n) is 2.31. The number of aromatic nitrogens is 1. The molecule has 0 bridgehead atoms. The molecule has 1 heterocycles. The maximum atomic E-state index is 12.6. The van der Waals surface area contributed by atoms with Crippen LogP contribution in [0.2, 0.25) is 5.02 Å². The van der Waals surface area contributed by atoms with E-state index in [1.165, 1.54) is 0 Å². The molecule has 0 aliphatic rings. The molecular formula is C19H12ClF3N2O. The minimum absolute atomic E-state index is 0.128. The van der Waals surface area contributed by atoms with E-state index in [2.05, 4.69) is 10.3 Å². The van der Waals surface area contributed by atoms with Crippen LogP contribution in [-0.4, -0.2) is 10.9 Å². The summed E-state index contributed by atoms with van der Waals surface area (Å²) in [5.74, 6) is -0.643. The van der Waals surface area contributed by atoms with Crippen molar-refractivity contribution >= 4 is 23.3 Å². The fraction of sp³-hybridized carbons (Fsp3) is 0.0526. The number of amides is 1. The van der Waals surface area contributed by atoms with Crippen LogP contribution in [0.4, 0.5) is 19.0 Å². The summed E-state index contributed by atoms with van der Waals surface area (Å²) in [6.07, 6.45) is -3.92. The second kappa shape index (κ2) is 7.17. The second-order valence-electron chi connectivity index (χ2n) is 5.45. The fourth-order valence-corrected chi connectivity index (χ4v) is 2.52. The third kappa shape index (κ3) is 4.03. The van der Waals surface area contributed by atoms with Gasteiger partial charge in [0, 0.05) is 11.8 Å². The van der Waals surface area contributed by atoms with Gasteiger partial charge in [-0.3, -0.25) is 4.79 Å². The van der Waals surface area contributed by atoms with Crippen molar-refractivity contribution in [2.24, 2.45) is 0 Å². The number of benzene rings is 2. The summed E-state index contributed by atoms with van der Waals surface area (Å²) in [6.45, 7) is 0. The summed E-state index contributed by atoms with van der Waals surface area (Å²) < 4.78 is 37.9. The molecule has 7 heteroatoms. The Morgan fingerprint density at radius 1 is 0.962 bits per heavy atom. The highest BCUT2D eigenvalue weighted by molar-refractivity contribution is 6.33. The van der Waals surface area contributed by atoms with Gasteiger partial charge in [0.2, 0.25) is 0 Å². The number of nitrogens with zero attached hydrogens (tertiary/aromatic N) is 1. The molecule has 132 valence electrons. The largest absolute Gasteiger partial charge is 0.417 e. The number of carbonyl (C=O) groups is 1. The minimum Gasteiger partial charge on any atom is -0.305 e. The van der Waals surface area contributed by atoms with Gasteiger partial charge < -0.3 is 5.32 Å². The van der Waals surface area contributed by atoms with Crippen molar-refractivity contribution in [3.63, 3.8) is 0 Å². The quantitative estimate of drug-likeness (QED) is 0.639. The Balaban J connectivity index is 1.76. The molecule has 1 amide bonds. The van der Waals surface area contributed by atoms with Crippen molar-refractivity contribution in [2.75, 3.05) is 5.32 Å². The molecule has 0 saturated carbocycles. The molecule has 2 aromatic carbocycles. The number of rotatable bonds is 3. The predicted molar refractivity (Wildman–Crippen MR) is 94.1 cm³/mol.